The van der Waals surface area contributed by atoms with Crippen LogP contribution in [0.1, 0.15) is 66.7 Å². The Balaban J connectivity index is -0.000000111. The van der Waals surface area contributed by atoms with Gasteiger partial charge in [-0.05, 0) is 26.8 Å². The number of rotatable bonds is 9. The highest BCUT2D eigenvalue weighted by molar-refractivity contribution is 6.42. The van der Waals surface area contributed by atoms with E-state index in [2.05, 4.69) is 39.9 Å². The quantitative estimate of drug-likeness (QED) is 0.633. The summed E-state index contributed by atoms with van der Waals surface area (Å²) in [7, 11) is 0.0211. The number of aliphatic hydroxyl groups excluding tert-OH is 1. The molecule has 0 aliphatic heterocycles. The van der Waals surface area contributed by atoms with E-state index in [0.29, 0.717) is 12.3 Å². The molecule has 0 aromatic rings. The van der Waals surface area contributed by atoms with Crippen LogP contribution in [0.15, 0.2) is 0 Å². The van der Waals surface area contributed by atoms with E-state index in [1.165, 1.54) is 25.7 Å². The Morgan fingerprint density at radius 3 is 1.77 bits per heavy atom. The lowest BCUT2D eigenvalue weighted by atomic mass is 10.2. The number of carbonyl (C=O) groups is 1. The van der Waals surface area contributed by atoms with Crippen molar-refractivity contribution < 1.29 is 19.1 Å². The van der Waals surface area contributed by atoms with Crippen LogP contribution in [0, 0.1) is 0 Å². The van der Waals surface area contributed by atoms with E-state index in [-0.39, 0.29) is 6.23 Å². The number of aliphatic hydroxyl groups is 1. The lowest BCUT2D eigenvalue weighted by molar-refractivity contribution is -0.0979. The summed E-state index contributed by atoms with van der Waals surface area (Å²) in [5.74, 6) is 0. The van der Waals surface area contributed by atoms with E-state index in [4.69, 9.17) is 14.6 Å². The highest BCUT2D eigenvalue weighted by Gasteiger charge is 2.01. The van der Waals surface area contributed by atoms with E-state index in [1.54, 1.807) is 7.05 Å². The Hall–Kier alpha value is -0.433. The summed E-state index contributed by atoms with van der Waals surface area (Å²) < 4.78 is 15.7. The molecule has 22 heavy (non-hydrogen) atoms. The smallest absolute Gasteiger partial charge is 0.317 e. The minimum Gasteiger partial charge on any atom is -0.393 e. The number of hydrogen-bond acceptors (Lipinski definition) is 5. The highest BCUT2D eigenvalue weighted by Crippen LogP contribution is 2.04. The minimum atomic E-state index is -1.69. The standard InChI is InChI=1S/C8H18O.C4H10.C3H9NO2Si.CH2O/c1-4-7-8(5-2)9-6-3;1-3-4-2;1-4-2-7(6)3-5;1-2/h8H,4-7H2,1-3H3;3-4H2,1-2H3;4-5H,2-3H2,1H3;1H2/t8-;;;/m1.../s1. The molecule has 6 heteroatoms. The van der Waals surface area contributed by atoms with E-state index >= 15 is 0 Å². The van der Waals surface area contributed by atoms with E-state index in [0.717, 1.165) is 13.0 Å². The molecule has 0 saturated heterocycles. The first-order valence-electron chi connectivity index (χ1n) is 8.25. The molecule has 0 saturated carbocycles. The normalized spacial score (nSPS) is 9.95. The van der Waals surface area contributed by atoms with Crippen LogP contribution < -0.4 is 5.32 Å². The summed E-state index contributed by atoms with van der Waals surface area (Å²) in [5.41, 5.74) is 0. The molecule has 0 unspecified atom stereocenters. The van der Waals surface area contributed by atoms with Gasteiger partial charge < -0.3 is 24.4 Å². The molecular formula is C16H39NO4Si. The van der Waals surface area contributed by atoms with E-state index in [9.17, 15) is 4.46 Å². The number of carbonyl (C=O) groups excluding carboxylic acids is 1. The second kappa shape index (κ2) is 32.5. The molecule has 0 bridgehead atoms. The van der Waals surface area contributed by atoms with Crippen LogP contribution in [0.25, 0.3) is 0 Å². The second-order valence-electron chi connectivity index (χ2n) is 4.50. The SMILES string of the molecule is C=O.CCCC.CCC[C@@H](CC)OCC.CNC[Si](=O)CO. The van der Waals surface area contributed by atoms with Crippen LogP contribution in [-0.4, -0.2) is 52.7 Å². The van der Waals surface area contributed by atoms with Gasteiger partial charge in [-0.1, -0.05) is 47.0 Å². The third kappa shape index (κ3) is 36.6. The number of nitrogens with one attached hydrogen (secondary N) is 1. The van der Waals surface area contributed by atoms with Crippen molar-refractivity contribution in [3.63, 3.8) is 0 Å². The van der Waals surface area contributed by atoms with E-state index < -0.39 is 8.68 Å². The van der Waals surface area contributed by atoms with Gasteiger partial charge in [0, 0.05) is 12.8 Å². The molecule has 0 radical (unpaired) electrons. The molecule has 0 spiro atoms. The third-order valence-corrected chi connectivity index (χ3v) is 3.62. The largest absolute Gasteiger partial charge is 0.393 e. The van der Waals surface area contributed by atoms with Crippen molar-refractivity contribution in [1.29, 1.82) is 0 Å². The topological polar surface area (TPSA) is 75.6 Å². The van der Waals surface area contributed by atoms with Gasteiger partial charge in [-0.25, -0.2) is 0 Å². The van der Waals surface area contributed by atoms with Crippen molar-refractivity contribution >= 4 is 15.5 Å². The van der Waals surface area contributed by atoms with Gasteiger partial charge in [0.1, 0.15) is 6.79 Å². The molecule has 0 amide bonds. The van der Waals surface area contributed by atoms with E-state index in [1.807, 2.05) is 6.79 Å². The fourth-order valence-corrected chi connectivity index (χ4v) is 1.72. The average molecular weight is 338 g/mol. The molecule has 0 aliphatic carbocycles. The predicted molar refractivity (Wildman–Crippen MR) is 95.8 cm³/mol. The van der Waals surface area contributed by atoms with Crippen LogP contribution in [0.2, 0.25) is 0 Å². The van der Waals surface area contributed by atoms with Crippen LogP contribution in [-0.2, 0) is 14.0 Å². The Bertz CT molecular complexity index is 187. The van der Waals surface area contributed by atoms with Crippen molar-refractivity contribution in [2.24, 2.45) is 0 Å². The van der Waals surface area contributed by atoms with Crippen LogP contribution >= 0.6 is 0 Å². The summed E-state index contributed by atoms with van der Waals surface area (Å²) in [6.45, 7) is 13.6. The van der Waals surface area contributed by atoms with Crippen LogP contribution in [0.5, 0.6) is 0 Å². The maximum Gasteiger partial charge on any atom is 0.317 e. The fraction of sp³-hybridized carbons (Fsp3) is 0.938. The Morgan fingerprint density at radius 2 is 1.59 bits per heavy atom. The Kier molecular flexibility index (Phi) is 43.7. The lowest BCUT2D eigenvalue weighted by Gasteiger charge is -2.12. The molecule has 2 N–H and O–H groups in total. The zero-order chi connectivity index (χ0) is 18.2. The molecule has 5 nitrogen and oxygen atoms in total. The van der Waals surface area contributed by atoms with Gasteiger partial charge in [-0.3, -0.25) is 0 Å². The van der Waals surface area contributed by atoms with Crippen molar-refractivity contribution in [2.45, 2.75) is 72.8 Å². The number of hydrogen-bond donors (Lipinski definition) is 2. The minimum absolute atomic E-state index is 0.175. The zero-order valence-corrected chi connectivity index (χ0v) is 16.6. The molecule has 0 aliphatic rings. The first kappa shape index (κ1) is 29.6. The molecule has 0 fully saturated rings. The average Bonchev–Trinajstić information content (AvgIpc) is 2.57. The zero-order valence-electron chi connectivity index (χ0n) is 15.6. The third-order valence-electron chi connectivity index (χ3n) is 2.52. The fourth-order valence-electron chi connectivity index (χ4n) is 1.22. The Morgan fingerprint density at radius 1 is 1.09 bits per heavy atom. The van der Waals surface area contributed by atoms with Gasteiger partial charge in [0.2, 0.25) is 0 Å². The lowest BCUT2D eigenvalue weighted by Crippen LogP contribution is -2.23. The second-order valence-corrected chi connectivity index (χ2v) is 6.25. The Labute approximate surface area is 139 Å². The predicted octanol–water partition coefficient (Wildman–Crippen LogP) is 2.92. The molecule has 1 atom stereocenters. The van der Waals surface area contributed by atoms with Crippen molar-refractivity contribution in [3.05, 3.63) is 0 Å². The molecule has 0 heterocycles. The van der Waals surface area contributed by atoms with Gasteiger partial charge in [0.25, 0.3) is 0 Å². The maximum absolute atomic E-state index is 10.3. The molecule has 0 aromatic heterocycles. The summed E-state index contributed by atoms with van der Waals surface area (Å²) in [5, 5.41) is 10.8. The summed E-state index contributed by atoms with van der Waals surface area (Å²) in [6.07, 6.45) is 7.02. The van der Waals surface area contributed by atoms with Gasteiger partial charge in [-0.15, -0.1) is 0 Å². The van der Waals surface area contributed by atoms with Gasteiger partial charge in [0.15, 0.2) is 0 Å². The summed E-state index contributed by atoms with van der Waals surface area (Å²) in [6, 6.07) is 0. The first-order chi connectivity index (χ1) is 10.6. The molecule has 0 aromatic carbocycles. The monoisotopic (exact) mass is 337 g/mol. The summed E-state index contributed by atoms with van der Waals surface area (Å²) >= 11 is 0. The molecule has 136 valence electrons. The molecular weight excluding hydrogens is 298 g/mol. The first-order valence-corrected chi connectivity index (χ1v) is 10.1. The highest BCUT2D eigenvalue weighted by atomic mass is 28.3. The van der Waals surface area contributed by atoms with Crippen molar-refractivity contribution in [3.8, 4) is 0 Å². The summed E-state index contributed by atoms with van der Waals surface area (Å²) in [4.78, 5) is 8.00. The number of ether oxygens (including phenoxy) is 1. The van der Waals surface area contributed by atoms with Gasteiger partial charge in [0.05, 0.1) is 12.3 Å². The van der Waals surface area contributed by atoms with Crippen molar-refractivity contribution in [2.75, 3.05) is 26.1 Å². The van der Waals surface area contributed by atoms with Gasteiger partial charge in [-0.2, -0.15) is 0 Å². The van der Waals surface area contributed by atoms with Crippen LogP contribution in [0.3, 0.4) is 0 Å². The van der Waals surface area contributed by atoms with Gasteiger partial charge >= 0.3 is 8.68 Å². The molecule has 0 rings (SSSR count). The number of unbranched alkanes of at least 4 members (excludes halogenated alkanes) is 1. The maximum atomic E-state index is 10.3. The van der Waals surface area contributed by atoms with Crippen LogP contribution in [0.4, 0.5) is 0 Å². The van der Waals surface area contributed by atoms with Crippen molar-refractivity contribution in [1.82, 2.24) is 5.32 Å².